The van der Waals surface area contributed by atoms with Crippen LogP contribution in [0.5, 0.6) is 0 Å². The standard InChI is InChI=1S/C12H16N2O6/c1-19-11(17)7(12(18)20-2)8-10(16)14-5-3-4-6(14)9(15)13-8/h6-8H,3-5H2,1-2H3,(H,13,15)/t6-,8+/m0/s1. The number of hydrogen-bond donors (Lipinski definition) is 1. The van der Waals surface area contributed by atoms with Gasteiger partial charge in [-0.2, -0.15) is 0 Å². The van der Waals surface area contributed by atoms with Crippen molar-refractivity contribution in [3.8, 4) is 0 Å². The van der Waals surface area contributed by atoms with Gasteiger partial charge in [-0.25, -0.2) is 0 Å². The molecule has 8 nitrogen and oxygen atoms in total. The van der Waals surface area contributed by atoms with Crippen molar-refractivity contribution in [2.24, 2.45) is 5.92 Å². The first-order valence-electron chi connectivity index (χ1n) is 6.27. The fourth-order valence-electron chi connectivity index (χ4n) is 2.64. The molecule has 2 saturated heterocycles. The van der Waals surface area contributed by atoms with Gasteiger partial charge in [-0.05, 0) is 12.8 Å². The number of nitrogens with zero attached hydrogens (tertiary/aromatic N) is 1. The molecule has 2 rings (SSSR count). The summed E-state index contributed by atoms with van der Waals surface area (Å²) < 4.78 is 9.04. The van der Waals surface area contributed by atoms with Gasteiger partial charge >= 0.3 is 11.9 Å². The SMILES string of the molecule is COC(=O)C(C(=O)OC)[C@H]1NC(=O)[C@@H]2CCCN2C1=O. The number of fused-ring (bicyclic) bond motifs is 1. The Labute approximate surface area is 115 Å². The normalized spacial score (nSPS) is 25.2. The van der Waals surface area contributed by atoms with Crippen molar-refractivity contribution in [3.63, 3.8) is 0 Å². The van der Waals surface area contributed by atoms with Gasteiger partial charge in [0.05, 0.1) is 14.2 Å². The van der Waals surface area contributed by atoms with Gasteiger partial charge in [-0.1, -0.05) is 0 Å². The Hall–Kier alpha value is -2.12. The molecule has 0 aromatic heterocycles. The summed E-state index contributed by atoms with van der Waals surface area (Å²) in [5.41, 5.74) is 0. The van der Waals surface area contributed by atoms with Crippen LogP contribution in [-0.4, -0.2) is 61.5 Å². The molecule has 0 bridgehead atoms. The molecule has 0 spiro atoms. The number of ether oxygens (including phenoxy) is 2. The summed E-state index contributed by atoms with van der Waals surface area (Å²) in [6, 6.07) is -1.77. The molecule has 2 heterocycles. The smallest absolute Gasteiger partial charge is 0.322 e. The van der Waals surface area contributed by atoms with Crippen LogP contribution >= 0.6 is 0 Å². The maximum absolute atomic E-state index is 12.3. The van der Waals surface area contributed by atoms with Crippen LogP contribution < -0.4 is 5.32 Å². The Balaban J connectivity index is 2.28. The van der Waals surface area contributed by atoms with Gasteiger partial charge in [0, 0.05) is 6.54 Å². The highest BCUT2D eigenvalue weighted by Crippen LogP contribution is 2.25. The number of piperazine rings is 1. The van der Waals surface area contributed by atoms with E-state index in [-0.39, 0.29) is 5.91 Å². The summed E-state index contributed by atoms with van der Waals surface area (Å²) in [4.78, 5) is 49.1. The summed E-state index contributed by atoms with van der Waals surface area (Å²) in [6.07, 6.45) is 1.31. The predicted octanol–water partition coefficient (Wildman–Crippen LogP) is -1.56. The second kappa shape index (κ2) is 5.48. The van der Waals surface area contributed by atoms with Crippen molar-refractivity contribution < 1.29 is 28.7 Å². The quantitative estimate of drug-likeness (QED) is 0.496. The van der Waals surface area contributed by atoms with Crippen molar-refractivity contribution in [2.75, 3.05) is 20.8 Å². The Morgan fingerprint density at radius 2 is 1.85 bits per heavy atom. The molecule has 0 saturated carbocycles. The van der Waals surface area contributed by atoms with Gasteiger partial charge in [-0.15, -0.1) is 0 Å². The van der Waals surface area contributed by atoms with Crippen molar-refractivity contribution >= 4 is 23.8 Å². The zero-order chi connectivity index (χ0) is 14.9. The molecular weight excluding hydrogens is 268 g/mol. The number of carbonyl (C=O) groups excluding carboxylic acids is 4. The molecule has 1 N–H and O–H groups in total. The molecule has 2 aliphatic rings. The zero-order valence-electron chi connectivity index (χ0n) is 11.3. The van der Waals surface area contributed by atoms with Crippen molar-refractivity contribution in [2.45, 2.75) is 24.9 Å². The molecule has 0 aromatic rings. The predicted molar refractivity (Wildman–Crippen MR) is 64.2 cm³/mol. The third-order valence-corrected chi connectivity index (χ3v) is 3.65. The molecule has 8 heteroatoms. The number of carbonyl (C=O) groups is 4. The van der Waals surface area contributed by atoms with Crippen LogP contribution in [0.2, 0.25) is 0 Å². The third-order valence-electron chi connectivity index (χ3n) is 3.65. The van der Waals surface area contributed by atoms with E-state index in [2.05, 4.69) is 14.8 Å². The lowest BCUT2D eigenvalue weighted by atomic mass is 9.95. The molecule has 2 amide bonds. The highest BCUT2D eigenvalue weighted by atomic mass is 16.5. The molecule has 2 atom stereocenters. The van der Waals surface area contributed by atoms with E-state index in [9.17, 15) is 19.2 Å². The first-order chi connectivity index (χ1) is 9.51. The minimum Gasteiger partial charge on any atom is -0.468 e. The summed E-state index contributed by atoms with van der Waals surface area (Å²) in [7, 11) is 2.21. The van der Waals surface area contributed by atoms with Gasteiger partial charge in [0.2, 0.25) is 11.8 Å². The average molecular weight is 284 g/mol. The lowest BCUT2D eigenvalue weighted by Crippen LogP contribution is -2.65. The largest absolute Gasteiger partial charge is 0.468 e. The van der Waals surface area contributed by atoms with Crippen molar-refractivity contribution in [1.82, 2.24) is 10.2 Å². The van der Waals surface area contributed by atoms with E-state index >= 15 is 0 Å². The molecule has 110 valence electrons. The maximum Gasteiger partial charge on any atom is 0.322 e. The number of amides is 2. The van der Waals surface area contributed by atoms with Crippen LogP contribution in [0.15, 0.2) is 0 Å². The lowest BCUT2D eigenvalue weighted by molar-refractivity contribution is -0.166. The highest BCUT2D eigenvalue weighted by Gasteiger charge is 2.50. The number of nitrogens with one attached hydrogen (secondary N) is 1. The number of hydrogen-bond acceptors (Lipinski definition) is 6. The van der Waals surface area contributed by atoms with E-state index in [4.69, 9.17) is 0 Å². The second-order valence-corrected chi connectivity index (χ2v) is 4.70. The topological polar surface area (TPSA) is 102 Å². The number of methoxy groups -OCH3 is 2. The fraction of sp³-hybridized carbons (Fsp3) is 0.667. The van der Waals surface area contributed by atoms with Crippen LogP contribution in [0.1, 0.15) is 12.8 Å². The van der Waals surface area contributed by atoms with E-state index in [1.54, 1.807) is 0 Å². The number of esters is 2. The van der Waals surface area contributed by atoms with E-state index in [0.29, 0.717) is 13.0 Å². The van der Waals surface area contributed by atoms with Crippen molar-refractivity contribution in [3.05, 3.63) is 0 Å². The Morgan fingerprint density at radius 3 is 2.40 bits per heavy atom. The van der Waals surface area contributed by atoms with Gasteiger partial charge in [-0.3, -0.25) is 19.2 Å². The monoisotopic (exact) mass is 284 g/mol. The van der Waals surface area contributed by atoms with Gasteiger partial charge in [0.15, 0.2) is 5.92 Å². The average Bonchev–Trinajstić information content (AvgIpc) is 2.94. The molecular formula is C12H16N2O6. The minimum atomic E-state index is -1.48. The van der Waals surface area contributed by atoms with Crippen LogP contribution in [-0.2, 0) is 28.7 Å². The maximum atomic E-state index is 12.3. The van der Waals surface area contributed by atoms with Crippen LogP contribution in [0.3, 0.4) is 0 Å². The first-order valence-corrected chi connectivity index (χ1v) is 6.27. The van der Waals surface area contributed by atoms with Crippen LogP contribution in [0, 0.1) is 5.92 Å². The summed E-state index contributed by atoms with van der Waals surface area (Å²) >= 11 is 0. The van der Waals surface area contributed by atoms with Crippen molar-refractivity contribution in [1.29, 1.82) is 0 Å². The van der Waals surface area contributed by atoms with Gasteiger partial charge in [0.25, 0.3) is 0 Å². The van der Waals surface area contributed by atoms with E-state index < -0.39 is 35.8 Å². The summed E-state index contributed by atoms with van der Waals surface area (Å²) in [5, 5.41) is 2.44. The van der Waals surface area contributed by atoms with E-state index in [1.807, 2.05) is 0 Å². The summed E-state index contributed by atoms with van der Waals surface area (Å²) in [5.74, 6) is -4.11. The molecule has 2 fully saturated rings. The van der Waals surface area contributed by atoms with Crippen LogP contribution in [0.4, 0.5) is 0 Å². The van der Waals surface area contributed by atoms with E-state index in [0.717, 1.165) is 20.6 Å². The van der Waals surface area contributed by atoms with E-state index in [1.165, 1.54) is 4.90 Å². The van der Waals surface area contributed by atoms with Gasteiger partial charge < -0.3 is 19.7 Å². The Morgan fingerprint density at radius 1 is 1.25 bits per heavy atom. The third kappa shape index (κ3) is 2.21. The minimum absolute atomic E-state index is 0.357. The Kier molecular flexibility index (Phi) is 3.91. The highest BCUT2D eigenvalue weighted by molar-refractivity contribution is 6.06. The number of rotatable bonds is 3. The van der Waals surface area contributed by atoms with Gasteiger partial charge in [0.1, 0.15) is 12.1 Å². The molecule has 0 unspecified atom stereocenters. The molecule has 0 aliphatic carbocycles. The van der Waals surface area contributed by atoms with Crippen LogP contribution in [0.25, 0.3) is 0 Å². The molecule has 2 aliphatic heterocycles. The summed E-state index contributed by atoms with van der Waals surface area (Å²) in [6.45, 7) is 0.447. The molecule has 0 radical (unpaired) electrons. The lowest BCUT2D eigenvalue weighted by Gasteiger charge is -2.36. The second-order valence-electron chi connectivity index (χ2n) is 4.70. The molecule has 20 heavy (non-hydrogen) atoms. The Bertz CT molecular complexity index is 447. The molecule has 0 aromatic carbocycles. The first kappa shape index (κ1) is 14.3. The fourth-order valence-corrected chi connectivity index (χ4v) is 2.64. The zero-order valence-corrected chi connectivity index (χ0v) is 11.3.